The maximum Gasteiger partial charge on any atom is 0.317 e. The highest BCUT2D eigenvalue weighted by molar-refractivity contribution is 7.99. The minimum atomic E-state index is -0.101. The zero-order chi connectivity index (χ0) is 13.5. The number of aromatic nitrogens is 4. The third-order valence-electron chi connectivity index (χ3n) is 2.22. The molecule has 0 saturated heterocycles. The molecule has 0 atom stereocenters. The molecule has 0 radical (unpaired) electrons. The van der Waals surface area contributed by atoms with E-state index in [0.717, 1.165) is 15.8 Å². The minimum absolute atomic E-state index is 0.101. The first kappa shape index (κ1) is 13.8. The number of rotatable bonds is 6. The van der Waals surface area contributed by atoms with Crippen molar-refractivity contribution in [3.8, 4) is 0 Å². The summed E-state index contributed by atoms with van der Waals surface area (Å²) >= 11 is 3.08. The molecule has 2 amide bonds. The van der Waals surface area contributed by atoms with Crippen molar-refractivity contribution < 1.29 is 4.79 Å². The largest absolute Gasteiger partial charge is 0.337 e. The van der Waals surface area contributed by atoms with Crippen molar-refractivity contribution in [3.63, 3.8) is 0 Å². The van der Waals surface area contributed by atoms with E-state index in [2.05, 4.69) is 25.7 Å². The van der Waals surface area contributed by atoms with Crippen molar-refractivity contribution in [2.24, 2.45) is 0 Å². The number of nitrogens with zero attached hydrogens (tertiary/aromatic N) is 4. The molecule has 19 heavy (non-hydrogen) atoms. The van der Waals surface area contributed by atoms with Crippen LogP contribution < -0.4 is 5.32 Å². The van der Waals surface area contributed by atoms with Crippen molar-refractivity contribution in [1.29, 1.82) is 0 Å². The fourth-order valence-electron chi connectivity index (χ4n) is 1.31. The molecule has 2 aromatic heterocycles. The Labute approximate surface area is 118 Å². The summed E-state index contributed by atoms with van der Waals surface area (Å²) < 4.78 is 0. The van der Waals surface area contributed by atoms with Crippen molar-refractivity contribution in [2.75, 3.05) is 19.3 Å². The molecule has 9 heteroatoms. The van der Waals surface area contributed by atoms with Crippen molar-refractivity contribution >= 4 is 29.1 Å². The summed E-state index contributed by atoms with van der Waals surface area (Å²) in [6, 6.07) is -0.101. The van der Waals surface area contributed by atoms with Crippen LogP contribution in [0.4, 0.5) is 4.79 Å². The van der Waals surface area contributed by atoms with E-state index >= 15 is 0 Å². The predicted octanol–water partition coefficient (Wildman–Crippen LogP) is 1.19. The van der Waals surface area contributed by atoms with Gasteiger partial charge in [-0.1, -0.05) is 0 Å². The number of aromatic amines is 1. The molecule has 0 unspecified atom stereocenters. The van der Waals surface area contributed by atoms with Gasteiger partial charge >= 0.3 is 6.03 Å². The Morgan fingerprint density at radius 3 is 3.21 bits per heavy atom. The maximum atomic E-state index is 11.8. The van der Waals surface area contributed by atoms with Gasteiger partial charge in [0, 0.05) is 30.9 Å². The Morgan fingerprint density at radius 1 is 1.63 bits per heavy atom. The van der Waals surface area contributed by atoms with Gasteiger partial charge in [-0.15, -0.1) is 28.2 Å². The summed E-state index contributed by atoms with van der Waals surface area (Å²) in [7, 11) is 1.75. The summed E-state index contributed by atoms with van der Waals surface area (Å²) in [5, 5.41) is 16.7. The second kappa shape index (κ2) is 7.10. The van der Waals surface area contributed by atoms with E-state index in [-0.39, 0.29) is 6.03 Å². The summed E-state index contributed by atoms with van der Waals surface area (Å²) in [5.41, 5.74) is 0. The number of thioether (sulfide) groups is 1. The van der Waals surface area contributed by atoms with Crippen molar-refractivity contribution in [1.82, 2.24) is 30.6 Å². The zero-order valence-corrected chi connectivity index (χ0v) is 12.0. The number of carbonyl (C=O) groups excluding carboxylic acids is 1. The minimum Gasteiger partial charge on any atom is -0.337 e. The molecule has 0 bridgehead atoms. The second-order valence-corrected chi connectivity index (χ2v) is 5.76. The predicted molar refractivity (Wildman–Crippen MR) is 74.1 cm³/mol. The highest BCUT2D eigenvalue weighted by Crippen LogP contribution is 2.11. The molecule has 0 fully saturated rings. The molecular formula is C10H14N6OS2. The highest BCUT2D eigenvalue weighted by atomic mass is 32.2. The zero-order valence-electron chi connectivity index (χ0n) is 10.4. The molecule has 0 aliphatic carbocycles. The molecule has 0 spiro atoms. The van der Waals surface area contributed by atoms with Crippen LogP contribution in [0.2, 0.25) is 0 Å². The molecule has 7 nitrogen and oxygen atoms in total. The van der Waals surface area contributed by atoms with Crippen LogP contribution in [0.3, 0.4) is 0 Å². The van der Waals surface area contributed by atoms with Gasteiger partial charge in [0.25, 0.3) is 0 Å². The molecule has 2 heterocycles. The molecule has 2 N–H and O–H groups in total. The number of nitrogens with one attached hydrogen (secondary N) is 2. The van der Waals surface area contributed by atoms with E-state index in [4.69, 9.17) is 0 Å². The van der Waals surface area contributed by atoms with Crippen molar-refractivity contribution in [3.05, 3.63) is 22.8 Å². The third-order valence-corrected chi connectivity index (χ3v) is 3.89. The monoisotopic (exact) mass is 298 g/mol. The van der Waals surface area contributed by atoms with E-state index < -0.39 is 0 Å². The number of thiazole rings is 1. The van der Waals surface area contributed by atoms with E-state index in [1.165, 1.54) is 23.1 Å². The third kappa shape index (κ3) is 4.52. The normalized spacial score (nSPS) is 10.4. The average molecular weight is 298 g/mol. The number of urea groups is 1. The van der Waals surface area contributed by atoms with Crippen LogP contribution in [0.25, 0.3) is 0 Å². The molecule has 0 aliphatic heterocycles. The smallest absolute Gasteiger partial charge is 0.317 e. The molecule has 2 aromatic rings. The number of hydrogen-bond acceptors (Lipinski definition) is 6. The standard InChI is InChI=1S/C10H14N6OS2/c1-16(7-9-11-2-4-19-9)10(17)12-3-5-18-8-6-13-15-14-8/h2,4,6H,3,5,7H2,1H3,(H,12,17)(H,13,14,15). The van der Waals surface area contributed by atoms with E-state index in [0.29, 0.717) is 13.1 Å². The molecule has 0 aromatic carbocycles. The summed E-state index contributed by atoms with van der Waals surface area (Å²) in [6.45, 7) is 1.11. The number of carbonyl (C=O) groups is 1. The molecule has 2 rings (SSSR count). The highest BCUT2D eigenvalue weighted by Gasteiger charge is 2.09. The molecule has 0 saturated carbocycles. The molecular weight excluding hydrogens is 284 g/mol. The van der Waals surface area contributed by atoms with Gasteiger partial charge in [0.05, 0.1) is 12.7 Å². The van der Waals surface area contributed by atoms with Gasteiger partial charge in [0.1, 0.15) is 10.0 Å². The van der Waals surface area contributed by atoms with Gasteiger partial charge in [0.2, 0.25) is 0 Å². The van der Waals surface area contributed by atoms with Gasteiger partial charge in [0.15, 0.2) is 0 Å². The first-order chi connectivity index (χ1) is 9.25. The second-order valence-electron chi connectivity index (χ2n) is 3.67. The lowest BCUT2D eigenvalue weighted by Crippen LogP contribution is -2.37. The Morgan fingerprint density at radius 2 is 2.53 bits per heavy atom. The number of H-pyrrole nitrogens is 1. The lowest BCUT2D eigenvalue weighted by atomic mass is 10.6. The Balaban J connectivity index is 1.63. The summed E-state index contributed by atoms with van der Waals surface area (Å²) in [6.07, 6.45) is 3.39. The van der Waals surface area contributed by atoms with Crippen LogP contribution in [-0.2, 0) is 6.54 Å². The number of hydrogen-bond donors (Lipinski definition) is 2. The van der Waals surface area contributed by atoms with Gasteiger partial charge in [-0.2, -0.15) is 10.3 Å². The quantitative estimate of drug-likeness (QED) is 0.618. The Kier molecular flexibility index (Phi) is 5.16. The van der Waals surface area contributed by atoms with E-state index in [9.17, 15) is 4.79 Å². The maximum absolute atomic E-state index is 11.8. The van der Waals surface area contributed by atoms with Crippen LogP contribution in [0.15, 0.2) is 22.8 Å². The van der Waals surface area contributed by atoms with Gasteiger partial charge < -0.3 is 10.2 Å². The van der Waals surface area contributed by atoms with Crippen LogP contribution in [0.1, 0.15) is 5.01 Å². The SMILES string of the molecule is CN(Cc1nccs1)C(=O)NCCSc1cn[nH]n1. The Bertz CT molecular complexity index is 486. The molecule has 102 valence electrons. The van der Waals surface area contributed by atoms with Gasteiger partial charge in [-0.05, 0) is 0 Å². The average Bonchev–Trinajstić information content (AvgIpc) is 3.07. The van der Waals surface area contributed by atoms with Gasteiger partial charge in [-0.25, -0.2) is 9.78 Å². The lowest BCUT2D eigenvalue weighted by Gasteiger charge is -2.16. The fourth-order valence-corrected chi connectivity index (χ4v) is 2.63. The summed E-state index contributed by atoms with van der Waals surface area (Å²) in [4.78, 5) is 17.5. The van der Waals surface area contributed by atoms with Crippen LogP contribution in [0.5, 0.6) is 0 Å². The number of amides is 2. The van der Waals surface area contributed by atoms with Crippen LogP contribution in [0, 0.1) is 0 Å². The Hall–Kier alpha value is -1.61. The van der Waals surface area contributed by atoms with Gasteiger partial charge in [-0.3, -0.25) is 0 Å². The van der Waals surface area contributed by atoms with Crippen LogP contribution in [-0.4, -0.2) is 50.7 Å². The topological polar surface area (TPSA) is 86.8 Å². The lowest BCUT2D eigenvalue weighted by molar-refractivity contribution is 0.207. The van der Waals surface area contributed by atoms with E-state index in [1.54, 1.807) is 24.3 Å². The van der Waals surface area contributed by atoms with Crippen LogP contribution >= 0.6 is 23.1 Å². The van der Waals surface area contributed by atoms with E-state index in [1.807, 2.05) is 5.38 Å². The van der Waals surface area contributed by atoms with Crippen molar-refractivity contribution in [2.45, 2.75) is 11.6 Å². The first-order valence-electron chi connectivity index (χ1n) is 5.61. The summed E-state index contributed by atoms with van der Waals surface area (Å²) in [5.74, 6) is 0.753. The molecule has 0 aliphatic rings. The fraction of sp³-hybridized carbons (Fsp3) is 0.400. The first-order valence-corrected chi connectivity index (χ1v) is 7.48.